The van der Waals surface area contributed by atoms with Gasteiger partial charge >= 0.3 is 0 Å². The summed E-state index contributed by atoms with van der Waals surface area (Å²) in [5.74, 6) is -0.231. The van der Waals surface area contributed by atoms with E-state index < -0.39 is 4.92 Å². The average molecular weight is 369 g/mol. The number of hydrogen-bond donors (Lipinski definition) is 0. The maximum absolute atomic E-state index is 11.5. The molecule has 1 heterocycles. The molecule has 0 bridgehead atoms. The van der Waals surface area contributed by atoms with Crippen LogP contribution in [0.1, 0.15) is 28.4 Å². The van der Waals surface area contributed by atoms with E-state index in [0.717, 1.165) is 28.6 Å². The summed E-state index contributed by atoms with van der Waals surface area (Å²) in [6.45, 7) is 5.26. The number of ketones is 1. The highest BCUT2D eigenvalue weighted by molar-refractivity contribution is 7.99. The number of benzene rings is 2. The molecule has 0 saturated carbocycles. The first kappa shape index (κ1) is 17.7. The molecule has 0 saturated heterocycles. The highest BCUT2D eigenvalue weighted by Gasteiger charge is 2.21. The molecule has 0 aliphatic heterocycles. The molecule has 0 amide bonds. The largest absolute Gasteiger partial charge is 0.295 e. The van der Waals surface area contributed by atoms with Gasteiger partial charge in [-0.2, -0.15) is 4.68 Å². The van der Waals surface area contributed by atoms with Crippen molar-refractivity contribution in [3.05, 3.63) is 63.2 Å². The zero-order valence-corrected chi connectivity index (χ0v) is 15.1. The SMILES string of the molecule is CC(=O)c1ccc(Sc2nnnn2-c2c(C)cccc2C)c([N+](=O)[O-])c1. The second-order valence-electron chi connectivity index (χ2n) is 5.71. The minimum absolute atomic E-state index is 0.154. The van der Waals surface area contributed by atoms with Gasteiger partial charge in [0, 0.05) is 11.6 Å². The van der Waals surface area contributed by atoms with Crippen molar-refractivity contribution < 1.29 is 9.72 Å². The monoisotopic (exact) mass is 369 g/mol. The highest BCUT2D eigenvalue weighted by Crippen LogP contribution is 2.35. The number of para-hydroxylation sites is 1. The van der Waals surface area contributed by atoms with Gasteiger partial charge in [0.2, 0.25) is 5.16 Å². The molecule has 0 aliphatic carbocycles. The van der Waals surface area contributed by atoms with Gasteiger partial charge < -0.3 is 0 Å². The number of tetrazole rings is 1. The Hall–Kier alpha value is -3.07. The van der Waals surface area contributed by atoms with Crippen LogP contribution in [0.5, 0.6) is 0 Å². The van der Waals surface area contributed by atoms with Crippen molar-refractivity contribution in [3.8, 4) is 5.69 Å². The molecule has 0 unspecified atom stereocenters. The fourth-order valence-electron chi connectivity index (χ4n) is 2.59. The summed E-state index contributed by atoms with van der Waals surface area (Å²) in [5.41, 5.74) is 2.94. The van der Waals surface area contributed by atoms with Crippen molar-refractivity contribution in [3.63, 3.8) is 0 Å². The van der Waals surface area contributed by atoms with E-state index in [1.54, 1.807) is 16.8 Å². The van der Waals surface area contributed by atoms with Crippen LogP contribution in [0.15, 0.2) is 46.5 Å². The van der Waals surface area contributed by atoms with Crippen molar-refractivity contribution in [2.75, 3.05) is 0 Å². The first-order valence-electron chi connectivity index (χ1n) is 7.70. The van der Waals surface area contributed by atoms with Crippen LogP contribution in [-0.2, 0) is 0 Å². The molecule has 0 fully saturated rings. The highest BCUT2D eigenvalue weighted by atomic mass is 32.2. The molecule has 8 nitrogen and oxygen atoms in total. The first-order valence-corrected chi connectivity index (χ1v) is 8.52. The lowest BCUT2D eigenvalue weighted by molar-refractivity contribution is -0.387. The minimum Gasteiger partial charge on any atom is -0.295 e. The van der Waals surface area contributed by atoms with Gasteiger partial charge in [0.1, 0.15) is 0 Å². The Morgan fingerprint density at radius 2 is 1.88 bits per heavy atom. The number of hydrogen-bond acceptors (Lipinski definition) is 7. The number of nitro benzene ring substituents is 1. The van der Waals surface area contributed by atoms with Crippen LogP contribution in [0.3, 0.4) is 0 Å². The van der Waals surface area contributed by atoms with Crippen molar-refractivity contribution in [1.82, 2.24) is 20.2 Å². The van der Waals surface area contributed by atoms with Crippen LogP contribution in [0.25, 0.3) is 5.69 Å². The van der Waals surface area contributed by atoms with Gasteiger partial charge in [0.25, 0.3) is 5.69 Å². The number of rotatable bonds is 5. The standard InChI is InChI=1S/C17H15N5O3S/c1-10-5-4-6-11(2)16(10)21-17(18-19-20-21)26-15-8-7-13(12(3)23)9-14(15)22(24)25/h4-9H,1-3H3. The normalized spacial score (nSPS) is 10.7. The quantitative estimate of drug-likeness (QED) is 0.385. The van der Waals surface area contributed by atoms with Crippen LogP contribution in [0.4, 0.5) is 5.69 Å². The Morgan fingerprint density at radius 1 is 1.19 bits per heavy atom. The predicted molar refractivity (Wildman–Crippen MR) is 95.9 cm³/mol. The molecular formula is C17H15N5O3S. The van der Waals surface area contributed by atoms with E-state index in [4.69, 9.17) is 0 Å². The summed E-state index contributed by atoms with van der Waals surface area (Å²) in [5, 5.41) is 23.6. The third-order valence-corrected chi connectivity index (χ3v) is 4.86. The second-order valence-corrected chi connectivity index (χ2v) is 6.72. The zero-order valence-electron chi connectivity index (χ0n) is 14.3. The van der Waals surface area contributed by atoms with Crippen LogP contribution in [-0.4, -0.2) is 30.9 Å². The summed E-state index contributed by atoms with van der Waals surface area (Å²) in [6.07, 6.45) is 0. The average Bonchev–Trinajstić information content (AvgIpc) is 3.02. The van der Waals surface area contributed by atoms with E-state index in [2.05, 4.69) is 15.5 Å². The van der Waals surface area contributed by atoms with E-state index >= 15 is 0 Å². The number of carbonyl (C=O) groups is 1. The molecular weight excluding hydrogens is 354 g/mol. The van der Waals surface area contributed by atoms with Crippen molar-refractivity contribution in [2.24, 2.45) is 0 Å². The Morgan fingerprint density at radius 3 is 2.50 bits per heavy atom. The zero-order chi connectivity index (χ0) is 18.8. The molecule has 0 atom stereocenters. The van der Waals surface area contributed by atoms with Gasteiger partial charge in [-0.05, 0) is 66.2 Å². The van der Waals surface area contributed by atoms with Crippen molar-refractivity contribution in [2.45, 2.75) is 30.8 Å². The fraction of sp³-hybridized carbons (Fsp3) is 0.176. The van der Waals surface area contributed by atoms with Crippen LogP contribution < -0.4 is 0 Å². The Bertz CT molecular complexity index is 995. The minimum atomic E-state index is -0.512. The van der Waals surface area contributed by atoms with Crippen LogP contribution >= 0.6 is 11.8 Å². The summed E-state index contributed by atoms with van der Waals surface area (Å²) in [7, 11) is 0. The van der Waals surface area contributed by atoms with Gasteiger partial charge in [-0.15, -0.1) is 5.10 Å². The fourth-order valence-corrected chi connectivity index (χ4v) is 3.45. The maximum atomic E-state index is 11.5. The number of nitro groups is 1. The molecule has 132 valence electrons. The molecule has 9 heteroatoms. The lowest BCUT2D eigenvalue weighted by Gasteiger charge is -2.10. The summed E-state index contributed by atoms with van der Waals surface area (Å²) >= 11 is 1.08. The lowest BCUT2D eigenvalue weighted by Crippen LogP contribution is -2.04. The van der Waals surface area contributed by atoms with Gasteiger partial charge in [0.15, 0.2) is 5.78 Å². The summed E-state index contributed by atoms with van der Waals surface area (Å²) in [4.78, 5) is 22.8. The molecule has 2 aromatic carbocycles. The van der Waals surface area contributed by atoms with E-state index in [1.807, 2.05) is 32.0 Å². The topological polar surface area (TPSA) is 104 Å². The van der Waals surface area contributed by atoms with Gasteiger partial charge in [-0.25, -0.2) is 0 Å². The maximum Gasteiger partial charge on any atom is 0.284 e. The third kappa shape index (κ3) is 3.33. The lowest BCUT2D eigenvalue weighted by atomic mass is 10.1. The van der Waals surface area contributed by atoms with Crippen molar-refractivity contribution >= 4 is 23.2 Å². The molecule has 3 rings (SSSR count). The Balaban J connectivity index is 2.06. The van der Waals surface area contributed by atoms with Gasteiger partial charge in [0.05, 0.1) is 15.5 Å². The summed E-state index contributed by atoms with van der Waals surface area (Å²) < 4.78 is 1.57. The van der Waals surface area contributed by atoms with E-state index in [9.17, 15) is 14.9 Å². The van der Waals surface area contributed by atoms with Crippen molar-refractivity contribution in [1.29, 1.82) is 0 Å². The molecule has 0 radical (unpaired) electrons. The molecule has 0 aliphatic rings. The molecule has 3 aromatic rings. The number of nitrogens with zero attached hydrogens (tertiary/aromatic N) is 5. The van der Waals surface area contributed by atoms with E-state index in [-0.39, 0.29) is 17.0 Å². The van der Waals surface area contributed by atoms with Crippen LogP contribution in [0.2, 0.25) is 0 Å². The molecule has 26 heavy (non-hydrogen) atoms. The first-order chi connectivity index (χ1) is 12.4. The number of carbonyl (C=O) groups excluding carboxylic acids is 1. The number of Topliss-reactive ketones (excluding diaryl/α,β-unsaturated/α-hetero) is 1. The Kier molecular flexibility index (Phi) is 4.81. The van der Waals surface area contributed by atoms with Gasteiger partial charge in [-0.1, -0.05) is 18.2 Å². The Labute approximate surface area is 153 Å². The van der Waals surface area contributed by atoms with E-state index in [0.29, 0.717) is 10.1 Å². The number of aryl methyl sites for hydroxylation is 2. The second kappa shape index (κ2) is 7.04. The molecule has 0 spiro atoms. The van der Waals surface area contributed by atoms with Crippen LogP contribution in [0, 0.1) is 24.0 Å². The smallest absolute Gasteiger partial charge is 0.284 e. The van der Waals surface area contributed by atoms with E-state index in [1.165, 1.54) is 13.0 Å². The number of aromatic nitrogens is 4. The molecule has 0 N–H and O–H groups in total. The van der Waals surface area contributed by atoms with Gasteiger partial charge in [-0.3, -0.25) is 14.9 Å². The predicted octanol–water partition coefficient (Wildman–Crippen LogP) is 3.54. The molecule has 1 aromatic heterocycles. The third-order valence-electron chi connectivity index (χ3n) is 3.86. The summed E-state index contributed by atoms with van der Waals surface area (Å²) in [6, 6.07) is 10.2.